The summed E-state index contributed by atoms with van der Waals surface area (Å²) in [6.07, 6.45) is 2.70. The number of aryl methyl sites for hydroxylation is 1. The van der Waals surface area contributed by atoms with Crippen LogP contribution in [0.3, 0.4) is 0 Å². The van der Waals surface area contributed by atoms with E-state index in [2.05, 4.69) is 15.0 Å². The van der Waals surface area contributed by atoms with Gasteiger partial charge in [0.2, 0.25) is 0 Å². The van der Waals surface area contributed by atoms with Gasteiger partial charge in [-0.15, -0.1) is 0 Å². The lowest BCUT2D eigenvalue weighted by Crippen LogP contribution is -2.42. The van der Waals surface area contributed by atoms with Crippen LogP contribution in [0, 0.1) is 18.6 Å². The molecule has 0 spiro atoms. The van der Waals surface area contributed by atoms with E-state index in [0.717, 1.165) is 12.1 Å². The van der Waals surface area contributed by atoms with E-state index in [9.17, 15) is 19.5 Å². The highest BCUT2D eigenvalue weighted by atomic mass is 19.1. The summed E-state index contributed by atoms with van der Waals surface area (Å²) in [6, 6.07) is 6.64. The molecule has 0 radical (unpaired) electrons. The highest BCUT2D eigenvalue weighted by Gasteiger charge is 2.47. The molecule has 1 aliphatic rings. The molecular weight excluding hydrogens is 486 g/mol. The molecule has 0 amide bonds. The van der Waals surface area contributed by atoms with Crippen LogP contribution in [0.2, 0.25) is 0 Å². The largest absolute Gasteiger partial charge is 0.480 e. The highest BCUT2D eigenvalue weighted by molar-refractivity contribution is 5.94. The van der Waals surface area contributed by atoms with E-state index < -0.39 is 40.7 Å². The van der Waals surface area contributed by atoms with Crippen LogP contribution in [0.5, 0.6) is 0 Å². The third kappa shape index (κ3) is 3.42. The van der Waals surface area contributed by atoms with E-state index in [1.165, 1.54) is 35.6 Å². The Morgan fingerprint density at radius 2 is 1.95 bits per heavy atom. The molecule has 2 unspecified atom stereocenters. The Bertz CT molecular complexity index is 1860. The fourth-order valence-electron chi connectivity index (χ4n) is 5.22. The Morgan fingerprint density at radius 1 is 1.14 bits per heavy atom. The number of carbonyl (C=O) groups is 1. The van der Waals surface area contributed by atoms with Gasteiger partial charge in [0.05, 0.1) is 28.5 Å². The van der Waals surface area contributed by atoms with E-state index in [-0.39, 0.29) is 45.2 Å². The van der Waals surface area contributed by atoms with Gasteiger partial charge in [0.1, 0.15) is 29.1 Å². The minimum absolute atomic E-state index is 0.00317. The zero-order chi connectivity index (χ0) is 26.0. The second-order valence-electron chi connectivity index (χ2n) is 8.91. The number of aliphatic carboxylic acids is 1. The molecule has 5 aromatic rings. The average molecular weight is 504 g/mol. The van der Waals surface area contributed by atoms with Gasteiger partial charge < -0.3 is 24.4 Å². The predicted molar refractivity (Wildman–Crippen MR) is 130 cm³/mol. The van der Waals surface area contributed by atoms with Crippen molar-refractivity contribution < 1.29 is 23.1 Å². The van der Waals surface area contributed by atoms with Gasteiger partial charge in [-0.3, -0.25) is 9.59 Å². The maximum atomic E-state index is 15.2. The number of aromatic amines is 2. The Labute approximate surface area is 206 Å². The number of anilines is 1. The number of hydrogen-bond donors (Lipinski definition) is 3. The molecule has 37 heavy (non-hydrogen) atoms. The molecule has 0 bridgehead atoms. The van der Waals surface area contributed by atoms with Crippen molar-refractivity contribution in [3.8, 4) is 0 Å². The van der Waals surface area contributed by atoms with Crippen LogP contribution in [-0.2, 0) is 11.3 Å². The standard InChI is InChI=1S/C26H18F2N4O5/c1-11-30-18-8-16(27)12(7-15(18)25(34)31-11)10-32-19-9-17(28)13-4-6-37-23(13)21(19)20(22(32)26(35)36)14-3-2-5-29-24(14)33/h2-9,20,22H,10H2,1H3,(H,29,33)(H,35,36)(H,30,31,34). The number of carboxylic acids is 1. The molecule has 186 valence electrons. The first-order chi connectivity index (χ1) is 17.7. The van der Waals surface area contributed by atoms with Gasteiger partial charge in [0, 0.05) is 41.2 Å². The van der Waals surface area contributed by atoms with Crippen molar-refractivity contribution in [2.75, 3.05) is 4.90 Å². The fourth-order valence-corrected chi connectivity index (χ4v) is 5.22. The number of hydrogen-bond acceptors (Lipinski definition) is 6. The quantitative estimate of drug-likeness (QED) is 0.341. The molecular formula is C26H18F2N4O5. The van der Waals surface area contributed by atoms with Crippen LogP contribution in [-0.4, -0.2) is 32.1 Å². The number of rotatable bonds is 4. The van der Waals surface area contributed by atoms with Gasteiger partial charge in [0.15, 0.2) is 0 Å². The van der Waals surface area contributed by atoms with Crippen LogP contribution in [0.4, 0.5) is 14.5 Å². The maximum absolute atomic E-state index is 15.2. The molecule has 2 atom stereocenters. The van der Waals surface area contributed by atoms with Crippen molar-refractivity contribution in [1.82, 2.24) is 15.0 Å². The number of aromatic nitrogens is 3. The fraction of sp³-hybridized carbons (Fsp3) is 0.154. The van der Waals surface area contributed by atoms with Crippen molar-refractivity contribution in [3.63, 3.8) is 0 Å². The maximum Gasteiger partial charge on any atom is 0.327 e. The molecule has 6 rings (SSSR count). The molecule has 1 aliphatic heterocycles. The molecule has 11 heteroatoms. The Morgan fingerprint density at radius 3 is 2.70 bits per heavy atom. The molecule has 3 aromatic heterocycles. The summed E-state index contributed by atoms with van der Waals surface area (Å²) < 4.78 is 35.9. The predicted octanol–water partition coefficient (Wildman–Crippen LogP) is 3.55. The van der Waals surface area contributed by atoms with E-state index in [4.69, 9.17) is 4.42 Å². The summed E-state index contributed by atoms with van der Waals surface area (Å²) in [5.41, 5.74) is -0.138. The summed E-state index contributed by atoms with van der Waals surface area (Å²) in [5.74, 6) is -3.41. The second kappa shape index (κ2) is 8.12. The number of carboxylic acid groups (broad SMARTS) is 1. The molecule has 0 saturated carbocycles. The van der Waals surface area contributed by atoms with Crippen LogP contribution in [0.1, 0.15) is 28.4 Å². The first kappa shape index (κ1) is 22.7. The molecule has 9 nitrogen and oxygen atoms in total. The summed E-state index contributed by atoms with van der Waals surface area (Å²) in [7, 11) is 0. The number of nitrogens with zero attached hydrogens (tertiary/aromatic N) is 2. The van der Waals surface area contributed by atoms with Crippen LogP contribution in [0.15, 0.2) is 62.9 Å². The number of fused-ring (bicyclic) bond motifs is 4. The average Bonchev–Trinajstić information content (AvgIpc) is 3.44. The minimum atomic E-state index is -1.40. The third-order valence-corrected chi connectivity index (χ3v) is 6.75. The first-order valence-electron chi connectivity index (χ1n) is 11.3. The van der Waals surface area contributed by atoms with Crippen molar-refractivity contribution in [3.05, 3.63) is 104 Å². The van der Waals surface area contributed by atoms with Crippen LogP contribution >= 0.6 is 0 Å². The minimum Gasteiger partial charge on any atom is -0.480 e. The lowest BCUT2D eigenvalue weighted by atomic mass is 9.87. The summed E-state index contributed by atoms with van der Waals surface area (Å²) >= 11 is 0. The number of halogens is 2. The molecule has 4 heterocycles. The Hall–Kier alpha value is -4.80. The van der Waals surface area contributed by atoms with Crippen molar-refractivity contribution >= 4 is 33.5 Å². The van der Waals surface area contributed by atoms with E-state index in [1.54, 1.807) is 13.0 Å². The smallest absolute Gasteiger partial charge is 0.327 e. The summed E-state index contributed by atoms with van der Waals surface area (Å²) in [5, 5.41) is 10.6. The first-order valence-corrected chi connectivity index (χ1v) is 11.3. The van der Waals surface area contributed by atoms with Gasteiger partial charge >= 0.3 is 5.97 Å². The van der Waals surface area contributed by atoms with E-state index >= 15 is 8.78 Å². The lowest BCUT2D eigenvalue weighted by molar-refractivity contribution is -0.138. The molecule has 0 aliphatic carbocycles. The number of pyridine rings is 1. The van der Waals surface area contributed by atoms with E-state index in [0.29, 0.717) is 11.4 Å². The van der Waals surface area contributed by atoms with Gasteiger partial charge in [-0.05, 0) is 31.2 Å². The van der Waals surface area contributed by atoms with Crippen molar-refractivity contribution in [2.24, 2.45) is 0 Å². The zero-order valence-corrected chi connectivity index (χ0v) is 19.2. The number of benzene rings is 2. The van der Waals surface area contributed by atoms with Crippen molar-refractivity contribution in [1.29, 1.82) is 0 Å². The number of H-pyrrole nitrogens is 2. The SMILES string of the molecule is Cc1nc2cc(F)c(CN3c4cc(F)c5ccoc5c4C(c4ccc[nH]c4=O)C3C(=O)O)cc2c(=O)[nH]1. The highest BCUT2D eigenvalue weighted by Crippen LogP contribution is 2.49. The van der Waals surface area contributed by atoms with Gasteiger partial charge in [-0.2, -0.15) is 0 Å². The van der Waals surface area contributed by atoms with Crippen LogP contribution < -0.4 is 16.0 Å². The monoisotopic (exact) mass is 504 g/mol. The van der Waals surface area contributed by atoms with Crippen molar-refractivity contribution in [2.45, 2.75) is 25.4 Å². The second-order valence-corrected chi connectivity index (χ2v) is 8.91. The molecule has 0 fully saturated rings. The number of furan rings is 1. The van der Waals surface area contributed by atoms with Gasteiger partial charge in [-0.1, -0.05) is 6.07 Å². The summed E-state index contributed by atoms with van der Waals surface area (Å²) in [6.45, 7) is 1.24. The normalized spacial score (nSPS) is 17.0. The zero-order valence-electron chi connectivity index (χ0n) is 19.2. The van der Waals surface area contributed by atoms with Crippen LogP contribution in [0.25, 0.3) is 21.9 Å². The number of nitrogens with one attached hydrogen (secondary N) is 2. The molecule has 2 aromatic carbocycles. The van der Waals surface area contributed by atoms with Gasteiger partial charge in [-0.25, -0.2) is 18.6 Å². The van der Waals surface area contributed by atoms with Gasteiger partial charge in [0.25, 0.3) is 11.1 Å². The third-order valence-electron chi connectivity index (χ3n) is 6.75. The summed E-state index contributed by atoms with van der Waals surface area (Å²) in [4.78, 5) is 48.5. The van der Waals surface area contributed by atoms with E-state index in [1.807, 2.05) is 0 Å². The topological polar surface area (TPSA) is 132 Å². The lowest BCUT2D eigenvalue weighted by Gasteiger charge is -2.27. The molecule has 0 saturated heterocycles. The Balaban J connectivity index is 1.60. The molecule has 3 N–H and O–H groups in total. The Kier molecular flexibility index (Phi) is 4.97.